The van der Waals surface area contributed by atoms with Crippen molar-refractivity contribution in [1.29, 1.82) is 0 Å². The molecule has 0 aliphatic heterocycles. The second-order valence-corrected chi connectivity index (χ2v) is 6.57. The van der Waals surface area contributed by atoms with Crippen LogP contribution < -0.4 is 5.32 Å². The van der Waals surface area contributed by atoms with Crippen LogP contribution in [0.4, 0.5) is 11.4 Å². The predicted octanol–water partition coefficient (Wildman–Crippen LogP) is 3.65. The number of nitrogens with zero attached hydrogens (tertiary/aromatic N) is 1. The average Bonchev–Trinajstić information content (AvgIpc) is 2.47. The summed E-state index contributed by atoms with van der Waals surface area (Å²) in [5.41, 5.74) is 3.01. The molecule has 5 nitrogen and oxygen atoms in total. The largest absolute Gasteiger partial charge is 0.379 e. The van der Waals surface area contributed by atoms with E-state index in [1.54, 1.807) is 18.4 Å². The van der Waals surface area contributed by atoms with Gasteiger partial charge in [0.1, 0.15) is 0 Å². The van der Waals surface area contributed by atoms with Crippen molar-refractivity contribution in [3.05, 3.63) is 69.8 Å². The van der Waals surface area contributed by atoms with Crippen LogP contribution in [0.5, 0.6) is 0 Å². The lowest BCUT2D eigenvalue weighted by atomic mass is 10.1. The molecule has 2 aromatic carbocycles. The fourth-order valence-corrected chi connectivity index (χ4v) is 2.85. The highest BCUT2D eigenvalue weighted by Gasteiger charge is 2.09. The minimum atomic E-state index is -0.872. The summed E-state index contributed by atoms with van der Waals surface area (Å²) in [6.07, 6.45) is 1.68. The number of nitro groups is 1. The van der Waals surface area contributed by atoms with Crippen molar-refractivity contribution >= 4 is 22.2 Å². The van der Waals surface area contributed by atoms with E-state index in [0.29, 0.717) is 5.75 Å². The van der Waals surface area contributed by atoms with E-state index in [0.717, 1.165) is 16.8 Å². The van der Waals surface area contributed by atoms with Crippen molar-refractivity contribution in [1.82, 2.24) is 0 Å². The van der Waals surface area contributed by atoms with Gasteiger partial charge in [-0.05, 0) is 30.2 Å². The van der Waals surface area contributed by atoms with E-state index in [2.05, 4.69) is 5.32 Å². The number of hydrogen-bond donors (Lipinski definition) is 1. The van der Waals surface area contributed by atoms with E-state index in [1.165, 1.54) is 12.1 Å². The van der Waals surface area contributed by atoms with E-state index in [4.69, 9.17) is 0 Å². The quantitative estimate of drug-likeness (QED) is 0.652. The van der Waals surface area contributed by atoms with Gasteiger partial charge < -0.3 is 5.32 Å². The smallest absolute Gasteiger partial charge is 0.269 e. The zero-order chi connectivity index (χ0) is 16.1. The highest BCUT2D eigenvalue weighted by molar-refractivity contribution is 7.83. The Kier molecular flexibility index (Phi) is 5.27. The molecule has 22 heavy (non-hydrogen) atoms. The van der Waals surface area contributed by atoms with Crippen LogP contribution in [0.3, 0.4) is 0 Å². The number of anilines is 1. The fourth-order valence-electron chi connectivity index (χ4n) is 2.20. The van der Waals surface area contributed by atoms with Gasteiger partial charge in [0.05, 0.1) is 4.92 Å². The Morgan fingerprint density at radius 3 is 2.50 bits per heavy atom. The summed E-state index contributed by atoms with van der Waals surface area (Å²) in [4.78, 5) is 10.3. The summed E-state index contributed by atoms with van der Waals surface area (Å²) in [7, 11) is -0.872. The molecule has 2 rings (SSSR count). The topological polar surface area (TPSA) is 72.2 Å². The predicted molar refractivity (Wildman–Crippen MR) is 89.3 cm³/mol. The maximum atomic E-state index is 11.3. The van der Waals surface area contributed by atoms with Crippen molar-refractivity contribution in [2.24, 2.45) is 0 Å². The summed E-state index contributed by atoms with van der Waals surface area (Å²) >= 11 is 0. The van der Waals surface area contributed by atoms with Gasteiger partial charge in [0.25, 0.3) is 5.69 Å². The zero-order valence-electron chi connectivity index (χ0n) is 12.5. The number of nitrogens with one attached hydrogen (secondary N) is 1. The Morgan fingerprint density at radius 2 is 1.91 bits per heavy atom. The standard InChI is InChI=1S/C16H18N2O3S/c1-12(14-6-8-16(9-7-14)18(19)20)17-15-5-3-4-13(10-15)11-22(2)21/h3-10,12,17H,11H2,1-2H3/t12-,22+/m0/s1. The Labute approximate surface area is 132 Å². The zero-order valence-corrected chi connectivity index (χ0v) is 13.3. The van der Waals surface area contributed by atoms with Crippen molar-refractivity contribution in [2.75, 3.05) is 11.6 Å². The Balaban J connectivity index is 2.09. The molecule has 0 aliphatic rings. The molecule has 1 N–H and O–H groups in total. The molecule has 0 fully saturated rings. The third-order valence-electron chi connectivity index (χ3n) is 3.28. The van der Waals surface area contributed by atoms with Gasteiger partial charge in [-0.2, -0.15) is 0 Å². The van der Waals surface area contributed by atoms with Crippen molar-refractivity contribution in [3.8, 4) is 0 Å². The molecule has 0 saturated carbocycles. The Morgan fingerprint density at radius 1 is 1.23 bits per heavy atom. The normalized spacial score (nSPS) is 13.4. The van der Waals surface area contributed by atoms with Gasteiger partial charge in [0.15, 0.2) is 0 Å². The molecule has 2 atom stereocenters. The van der Waals surface area contributed by atoms with E-state index < -0.39 is 15.7 Å². The van der Waals surface area contributed by atoms with Crippen LogP contribution in [0, 0.1) is 10.1 Å². The Bertz CT molecular complexity index is 686. The molecule has 0 spiro atoms. The van der Waals surface area contributed by atoms with Gasteiger partial charge >= 0.3 is 0 Å². The molecule has 6 heteroatoms. The van der Waals surface area contributed by atoms with Gasteiger partial charge in [0, 0.05) is 46.7 Å². The third-order valence-corrected chi connectivity index (χ3v) is 4.02. The number of nitro benzene ring substituents is 1. The minimum absolute atomic E-state index is 0.0168. The van der Waals surface area contributed by atoms with Gasteiger partial charge in [0.2, 0.25) is 0 Å². The average molecular weight is 318 g/mol. The first-order valence-corrected chi connectivity index (χ1v) is 8.58. The van der Waals surface area contributed by atoms with Crippen molar-refractivity contribution in [3.63, 3.8) is 0 Å². The van der Waals surface area contributed by atoms with Crippen LogP contribution in [-0.4, -0.2) is 15.4 Å². The molecule has 0 aromatic heterocycles. The molecule has 0 bridgehead atoms. The fraction of sp³-hybridized carbons (Fsp3) is 0.250. The molecular formula is C16H18N2O3S. The van der Waals surface area contributed by atoms with Crippen LogP contribution >= 0.6 is 0 Å². The van der Waals surface area contributed by atoms with Gasteiger partial charge in [-0.15, -0.1) is 0 Å². The maximum Gasteiger partial charge on any atom is 0.269 e. The second kappa shape index (κ2) is 7.17. The highest BCUT2D eigenvalue weighted by atomic mass is 32.2. The van der Waals surface area contributed by atoms with Crippen LogP contribution in [0.1, 0.15) is 24.1 Å². The lowest BCUT2D eigenvalue weighted by molar-refractivity contribution is -0.384. The van der Waals surface area contributed by atoms with Gasteiger partial charge in [-0.1, -0.05) is 24.3 Å². The monoisotopic (exact) mass is 318 g/mol. The first-order chi connectivity index (χ1) is 10.5. The summed E-state index contributed by atoms with van der Waals surface area (Å²) in [5.74, 6) is 0.529. The third kappa shape index (κ3) is 4.39. The van der Waals surface area contributed by atoms with Gasteiger partial charge in [-0.25, -0.2) is 0 Å². The van der Waals surface area contributed by atoms with E-state index in [-0.39, 0.29) is 11.7 Å². The number of hydrogen-bond acceptors (Lipinski definition) is 4. The Hall–Kier alpha value is -2.21. The lowest BCUT2D eigenvalue weighted by Crippen LogP contribution is -2.07. The summed E-state index contributed by atoms with van der Waals surface area (Å²) in [6.45, 7) is 1.99. The lowest BCUT2D eigenvalue weighted by Gasteiger charge is -2.16. The number of benzene rings is 2. The van der Waals surface area contributed by atoms with E-state index in [1.807, 2.05) is 31.2 Å². The first-order valence-electron chi connectivity index (χ1n) is 6.85. The SMILES string of the molecule is C[C@H](Nc1cccc(C[S@@](C)=O)c1)c1ccc([N+](=O)[O-])cc1. The van der Waals surface area contributed by atoms with E-state index >= 15 is 0 Å². The molecule has 116 valence electrons. The number of non-ortho nitro benzene ring substituents is 1. The second-order valence-electron chi connectivity index (χ2n) is 5.13. The molecule has 0 unspecified atom stereocenters. The highest BCUT2D eigenvalue weighted by Crippen LogP contribution is 2.22. The maximum absolute atomic E-state index is 11.3. The van der Waals surface area contributed by atoms with Gasteiger partial charge in [-0.3, -0.25) is 14.3 Å². The van der Waals surface area contributed by atoms with Crippen molar-refractivity contribution in [2.45, 2.75) is 18.7 Å². The summed E-state index contributed by atoms with van der Waals surface area (Å²) in [5, 5.41) is 14.0. The number of rotatable bonds is 6. The molecular weight excluding hydrogens is 300 g/mol. The van der Waals surface area contributed by atoms with E-state index in [9.17, 15) is 14.3 Å². The molecule has 0 radical (unpaired) electrons. The van der Waals surface area contributed by atoms with Crippen LogP contribution in [0.2, 0.25) is 0 Å². The first kappa shape index (κ1) is 16.2. The molecule has 0 aliphatic carbocycles. The molecule has 0 heterocycles. The molecule has 0 amide bonds. The van der Waals surface area contributed by atoms with Crippen LogP contribution in [0.25, 0.3) is 0 Å². The summed E-state index contributed by atoms with van der Waals surface area (Å²) < 4.78 is 11.3. The molecule has 2 aromatic rings. The van der Waals surface area contributed by atoms with Crippen LogP contribution in [0.15, 0.2) is 48.5 Å². The van der Waals surface area contributed by atoms with Crippen LogP contribution in [-0.2, 0) is 16.6 Å². The minimum Gasteiger partial charge on any atom is -0.379 e. The molecule has 0 saturated heterocycles. The summed E-state index contributed by atoms with van der Waals surface area (Å²) in [6, 6.07) is 14.3. The van der Waals surface area contributed by atoms with Crippen molar-refractivity contribution < 1.29 is 9.13 Å².